The molecule has 6 heteroatoms. The molecule has 0 radical (unpaired) electrons. The third-order valence-electron chi connectivity index (χ3n) is 3.21. The zero-order valence-corrected chi connectivity index (χ0v) is 14.0. The van der Waals surface area contributed by atoms with Gasteiger partial charge in [-0.3, -0.25) is 9.59 Å². The van der Waals surface area contributed by atoms with Gasteiger partial charge in [0.05, 0.1) is 11.6 Å². The minimum absolute atomic E-state index is 0.0795. The molecule has 1 aromatic carbocycles. The van der Waals surface area contributed by atoms with E-state index in [1.807, 2.05) is 0 Å². The maximum Gasteiger partial charge on any atom is 0.306 e. The lowest BCUT2D eigenvalue weighted by atomic mass is 10.2. The molecule has 0 heterocycles. The molecule has 1 rings (SSSR count). The van der Waals surface area contributed by atoms with Gasteiger partial charge in [-0.25, -0.2) is 4.39 Å². The molecule has 0 amide bonds. The van der Waals surface area contributed by atoms with Crippen molar-refractivity contribution in [3.8, 4) is 0 Å². The Balaban J connectivity index is 2.18. The molecular weight excluding hydrogens is 323 g/mol. The molecule has 0 N–H and O–H groups in total. The number of carbonyl (C=O) groups excluding carboxylic acids is 2. The van der Waals surface area contributed by atoms with Gasteiger partial charge in [0.25, 0.3) is 0 Å². The van der Waals surface area contributed by atoms with Crippen LogP contribution in [0.15, 0.2) is 18.2 Å². The van der Waals surface area contributed by atoms with Gasteiger partial charge in [0, 0.05) is 18.4 Å². The van der Waals surface area contributed by atoms with Crippen LogP contribution in [0.5, 0.6) is 0 Å². The number of carbonyl (C=O) groups is 2. The summed E-state index contributed by atoms with van der Waals surface area (Å²) in [6, 6.07) is 4.26. The predicted molar refractivity (Wildman–Crippen MR) is 85.5 cm³/mol. The van der Waals surface area contributed by atoms with E-state index in [1.165, 1.54) is 18.2 Å². The van der Waals surface area contributed by atoms with Crippen LogP contribution in [-0.2, 0) is 25.7 Å². The molecule has 0 aromatic heterocycles. The van der Waals surface area contributed by atoms with E-state index in [9.17, 15) is 14.0 Å². The van der Waals surface area contributed by atoms with E-state index in [4.69, 9.17) is 21.1 Å². The zero-order valence-electron chi connectivity index (χ0n) is 13.3. The summed E-state index contributed by atoms with van der Waals surface area (Å²) >= 11 is 5.84. The van der Waals surface area contributed by atoms with Crippen molar-refractivity contribution in [3.05, 3.63) is 34.6 Å². The number of benzene rings is 1. The van der Waals surface area contributed by atoms with Gasteiger partial charge in [0.1, 0.15) is 12.4 Å². The van der Waals surface area contributed by atoms with Crippen LogP contribution in [0.1, 0.15) is 51.0 Å². The Morgan fingerprint density at radius 1 is 1.09 bits per heavy atom. The first kappa shape index (κ1) is 19.4. The molecule has 0 spiro atoms. The van der Waals surface area contributed by atoms with Crippen LogP contribution in [-0.4, -0.2) is 18.5 Å². The first-order valence-electron chi connectivity index (χ1n) is 7.78. The van der Waals surface area contributed by atoms with Gasteiger partial charge in [0.15, 0.2) is 0 Å². The number of rotatable bonds is 10. The fourth-order valence-corrected chi connectivity index (χ4v) is 2.10. The second kappa shape index (κ2) is 11.0. The fourth-order valence-electron chi connectivity index (χ4n) is 1.88. The Morgan fingerprint density at radius 3 is 2.43 bits per heavy atom. The average Bonchev–Trinajstić information content (AvgIpc) is 2.51. The quantitative estimate of drug-likeness (QED) is 0.465. The van der Waals surface area contributed by atoms with Crippen LogP contribution in [0.2, 0.25) is 5.02 Å². The van der Waals surface area contributed by atoms with Gasteiger partial charge >= 0.3 is 11.9 Å². The maximum absolute atomic E-state index is 13.5. The summed E-state index contributed by atoms with van der Waals surface area (Å²) < 4.78 is 23.5. The smallest absolute Gasteiger partial charge is 0.306 e. The molecule has 0 saturated carbocycles. The summed E-state index contributed by atoms with van der Waals surface area (Å²) in [4.78, 5) is 23.0. The first-order valence-corrected chi connectivity index (χ1v) is 8.16. The fraction of sp³-hybridized carbons (Fsp3) is 0.529. The second-order valence-electron chi connectivity index (χ2n) is 5.14. The Kier molecular flexibility index (Phi) is 9.29. The molecule has 0 aliphatic heterocycles. The summed E-state index contributed by atoms with van der Waals surface area (Å²) in [7, 11) is 0. The summed E-state index contributed by atoms with van der Waals surface area (Å²) in [6.07, 6.45) is 3.54. The molecule has 0 bridgehead atoms. The summed E-state index contributed by atoms with van der Waals surface area (Å²) in [5.41, 5.74) is 0.151. The Bertz CT molecular complexity index is 499. The SMILES string of the molecule is CCCCCOC(=O)CCCC(=O)OCc1c(F)cccc1Cl. The molecular formula is C17H22ClFO4. The highest BCUT2D eigenvalue weighted by Crippen LogP contribution is 2.20. The normalized spacial score (nSPS) is 10.4. The third kappa shape index (κ3) is 7.98. The number of hydrogen-bond acceptors (Lipinski definition) is 4. The first-order chi connectivity index (χ1) is 11.0. The molecule has 0 fully saturated rings. The third-order valence-corrected chi connectivity index (χ3v) is 3.57. The summed E-state index contributed by atoms with van der Waals surface area (Å²) in [6.45, 7) is 2.27. The molecule has 0 unspecified atom stereocenters. The average molecular weight is 345 g/mol. The van der Waals surface area contributed by atoms with E-state index >= 15 is 0 Å². The topological polar surface area (TPSA) is 52.6 Å². The van der Waals surface area contributed by atoms with Crippen molar-refractivity contribution in [1.29, 1.82) is 0 Å². The van der Waals surface area contributed by atoms with Crippen molar-refractivity contribution >= 4 is 23.5 Å². The van der Waals surface area contributed by atoms with Gasteiger partial charge < -0.3 is 9.47 Å². The standard InChI is InChI=1S/C17H22ClFO4/c1-2-3-4-11-22-16(20)9-6-10-17(21)23-12-13-14(18)7-5-8-15(13)19/h5,7-8H,2-4,6,9-12H2,1H3. The Hall–Kier alpha value is -1.62. The van der Waals surface area contributed by atoms with Gasteiger partial charge in [0.2, 0.25) is 0 Å². The largest absolute Gasteiger partial charge is 0.466 e. The number of ether oxygens (including phenoxy) is 2. The predicted octanol–water partition coefficient (Wildman–Crippen LogP) is 4.43. The van der Waals surface area contributed by atoms with E-state index < -0.39 is 11.8 Å². The van der Waals surface area contributed by atoms with Gasteiger partial charge in [-0.15, -0.1) is 0 Å². The molecule has 1 aromatic rings. The molecule has 4 nitrogen and oxygen atoms in total. The van der Waals surface area contributed by atoms with Crippen LogP contribution in [0, 0.1) is 5.82 Å². The van der Waals surface area contributed by atoms with Crippen molar-refractivity contribution in [1.82, 2.24) is 0 Å². The van der Waals surface area contributed by atoms with Crippen LogP contribution < -0.4 is 0 Å². The van der Waals surface area contributed by atoms with Gasteiger partial charge in [-0.05, 0) is 25.0 Å². The van der Waals surface area contributed by atoms with E-state index in [0.717, 1.165) is 19.3 Å². The Morgan fingerprint density at radius 2 is 1.78 bits per heavy atom. The maximum atomic E-state index is 13.5. The minimum Gasteiger partial charge on any atom is -0.466 e. The highest BCUT2D eigenvalue weighted by atomic mass is 35.5. The lowest BCUT2D eigenvalue weighted by molar-refractivity contribution is -0.146. The summed E-state index contributed by atoms with van der Waals surface area (Å²) in [5.74, 6) is -1.32. The molecule has 128 valence electrons. The highest BCUT2D eigenvalue weighted by molar-refractivity contribution is 6.31. The highest BCUT2D eigenvalue weighted by Gasteiger charge is 2.11. The van der Waals surface area contributed by atoms with Crippen molar-refractivity contribution in [3.63, 3.8) is 0 Å². The number of esters is 2. The molecule has 23 heavy (non-hydrogen) atoms. The van der Waals surface area contributed by atoms with Crippen molar-refractivity contribution in [2.75, 3.05) is 6.61 Å². The second-order valence-corrected chi connectivity index (χ2v) is 5.55. The summed E-state index contributed by atoms with van der Waals surface area (Å²) in [5, 5.41) is 0.216. The number of halogens is 2. The Labute approximate surface area is 140 Å². The van der Waals surface area contributed by atoms with E-state index in [2.05, 4.69) is 6.92 Å². The molecule has 0 aliphatic carbocycles. The number of unbranched alkanes of at least 4 members (excludes halogenated alkanes) is 2. The van der Waals surface area contributed by atoms with Gasteiger partial charge in [-0.2, -0.15) is 0 Å². The number of hydrogen-bond donors (Lipinski definition) is 0. The van der Waals surface area contributed by atoms with Crippen LogP contribution in [0.3, 0.4) is 0 Å². The van der Waals surface area contributed by atoms with Crippen LogP contribution >= 0.6 is 11.6 Å². The lowest BCUT2D eigenvalue weighted by Crippen LogP contribution is -2.09. The van der Waals surface area contributed by atoms with Crippen LogP contribution in [0.4, 0.5) is 4.39 Å². The van der Waals surface area contributed by atoms with E-state index in [-0.39, 0.29) is 36.0 Å². The molecule has 0 saturated heterocycles. The lowest BCUT2D eigenvalue weighted by Gasteiger charge is -2.07. The minimum atomic E-state index is -0.513. The zero-order chi connectivity index (χ0) is 17.1. The van der Waals surface area contributed by atoms with Crippen LogP contribution in [0.25, 0.3) is 0 Å². The molecule has 0 aliphatic rings. The van der Waals surface area contributed by atoms with Crippen molar-refractivity contribution in [2.45, 2.75) is 52.1 Å². The monoisotopic (exact) mass is 344 g/mol. The van der Waals surface area contributed by atoms with E-state index in [0.29, 0.717) is 13.0 Å². The van der Waals surface area contributed by atoms with Crippen molar-refractivity contribution in [2.24, 2.45) is 0 Å². The molecule has 0 atom stereocenters. The van der Waals surface area contributed by atoms with Crippen molar-refractivity contribution < 1.29 is 23.5 Å². The van der Waals surface area contributed by atoms with E-state index in [1.54, 1.807) is 0 Å². The van der Waals surface area contributed by atoms with Gasteiger partial charge in [-0.1, -0.05) is 37.4 Å².